The highest BCUT2D eigenvalue weighted by molar-refractivity contribution is 7.99. The minimum absolute atomic E-state index is 0.0920. The number of ether oxygens (including phenoxy) is 1. The van der Waals surface area contributed by atoms with Crippen molar-refractivity contribution in [3.8, 4) is 0 Å². The first-order valence-electron chi connectivity index (χ1n) is 8.23. The molecular formula is C18H21N5O2S. The molecule has 0 spiro atoms. The molecule has 0 aliphatic heterocycles. The van der Waals surface area contributed by atoms with E-state index in [-0.39, 0.29) is 11.7 Å². The monoisotopic (exact) mass is 371 g/mol. The van der Waals surface area contributed by atoms with Crippen molar-refractivity contribution in [1.82, 2.24) is 20.2 Å². The number of carbonyl (C=O) groups excluding carboxylic acids is 1. The predicted molar refractivity (Wildman–Crippen MR) is 103 cm³/mol. The van der Waals surface area contributed by atoms with Crippen LogP contribution in [0.15, 0.2) is 47.6 Å². The number of nitrogens with one attached hydrogen (secondary N) is 1. The minimum atomic E-state index is -0.0920. The van der Waals surface area contributed by atoms with Crippen LogP contribution in [0.3, 0.4) is 0 Å². The molecule has 1 amide bonds. The maximum Gasteiger partial charge on any atom is 0.230 e. The lowest BCUT2D eigenvalue weighted by Crippen LogP contribution is -2.28. The Balaban J connectivity index is 1.66. The molecule has 0 aliphatic rings. The molecule has 3 aromatic rings. The number of hydrogen-bond acceptors (Lipinski definition) is 6. The number of thioether (sulfide) groups is 1. The quantitative estimate of drug-likeness (QED) is 0.355. The van der Waals surface area contributed by atoms with Crippen LogP contribution in [0.25, 0.3) is 10.8 Å². The van der Waals surface area contributed by atoms with Crippen molar-refractivity contribution in [3.05, 3.63) is 53.9 Å². The van der Waals surface area contributed by atoms with Gasteiger partial charge in [0.2, 0.25) is 11.1 Å². The van der Waals surface area contributed by atoms with E-state index < -0.39 is 0 Å². The van der Waals surface area contributed by atoms with Gasteiger partial charge in [0.1, 0.15) is 0 Å². The van der Waals surface area contributed by atoms with Gasteiger partial charge in [0, 0.05) is 20.1 Å². The van der Waals surface area contributed by atoms with Crippen LogP contribution in [0.5, 0.6) is 0 Å². The molecule has 0 fully saturated rings. The fraction of sp³-hybridized carbons (Fsp3) is 0.278. The Kier molecular flexibility index (Phi) is 6.08. The van der Waals surface area contributed by atoms with E-state index in [1.54, 1.807) is 7.11 Å². The summed E-state index contributed by atoms with van der Waals surface area (Å²) in [5, 5.41) is 13.9. The highest BCUT2D eigenvalue weighted by Gasteiger charge is 2.13. The number of nitrogens with two attached hydrogens (primary N) is 1. The van der Waals surface area contributed by atoms with Gasteiger partial charge in [-0.15, -0.1) is 10.2 Å². The number of methoxy groups -OCH3 is 1. The molecule has 3 N–H and O–H groups in total. The lowest BCUT2D eigenvalue weighted by atomic mass is 10.0. The van der Waals surface area contributed by atoms with Crippen LogP contribution >= 0.6 is 11.8 Å². The molecule has 136 valence electrons. The Morgan fingerprint density at radius 2 is 2.04 bits per heavy atom. The standard InChI is InChI=1S/C18H21N5O2S/c1-25-10-9-20-17(24)12-26-18-22-21-16(23(18)19)11-14-7-4-6-13-5-2-3-8-15(13)14/h2-8H,9-12,19H2,1H3,(H,20,24). The molecule has 7 nitrogen and oxygen atoms in total. The Morgan fingerprint density at radius 1 is 1.23 bits per heavy atom. The van der Waals surface area contributed by atoms with Gasteiger partial charge in [-0.05, 0) is 16.3 Å². The lowest BCUT2D eigenvalue weighted by molar-refractivity contribution is -0.118. The first kappa shape index (κ1) is 18.2. The molecule has 26 heavy (non-hydrogen) atoms. The molecule has 0 unspecified atom stereocenters. The molecule has 0 radical (unpaired) electrons. The van der Waals surface area contributed by atoms with Gasteiger partial charge >= 0.3 is 0 Å². The van der Waals surface area contributed by atoms with Crippen molar-refractivity contribution in [3.63, 3.8) is 0 Å². The molecule has 0 aliphatic carbocycles. The van der Waals surface area contributed by atoms with Crippen molar-refractivity contribution in [2.24, 2.45) is 0 Å². The van der Waals surface area contributed by atoms with Crippen LogP contribution in [-0.4, -0.2) is 46.8 Å². The number of fused-ring (bicyclic) bond motifs is 1. The van der Waals surface area contributed by atoms with Crippen molar-refractivity contribution < 1.29 is 9.53 Å². The summed E-state index contributed by atoms with van der Waals surface area (Å²) in [7, 11) is 1.59. The first-order valence-corrected chi connectivity index (χ1v) is 9.22. The summed E-state index contributed by atoms with van der Waals surface area (Å²) in [6.07, 6.45) is 0.575. The fourth-order valence-electron chi connectivity index (χ4n) is 2.62. The van der Waals surface area contributed by atoms with Gasteiger partial charge < -0.3 is 15.9 Å². The number of rotatable bonds is 8. The van der Waals surface area contributed by atoms with Crippen molar-refractivity contribution in [1.29, 1.82) is 0 Å². The van der Waals surface area contributed by atoms with Crippen molar-refractivity contribution >= 4 is 28.4 Å². The van der Waals surface area contributed by atoms with Crippen LogP contribution in [0.1, 0.15) is 11.4 Å². The van der Waals surface area contributed by atoms with E-state index in [1.807, 2.05) is 18.2 Å². The summed E-state index contributed by atoms with van der Waals surface area (Å²) < 4.78 is 6.35. The van der Waals surface area contributed by atoms with E-state index in [1.165, 1.54) is 27.2 Å². The van der Waals surface area contributed by atoms with E-state index in [0.29, 0.717) is 30.6 Å². The van der Waals surface area contributed by atoms with Gasteiger partial charge in [-0.3, -0.25) is 4.79 Å². The third-order valence-electron chi connectivity index (χ3n) is 3.92. The van der Waals surface area contributed by atoms with Gasteiger partial charge in [-0.2, -0.15) is 0 Å². The zero-order valence-electron chi connectivity index (χ0n) is 14.5. The number of benzene rings is 2. The normalized spacial score (nSPS) is 11.0. The minimum Gasteiger partial charge on any atom is -0.383 e. The lowest BCUT2D eigenvalue weighted by Gasteiger charge is -2.07. The van der Waals surface area contributed by atoms with Crippen LogP contribution in [0.4, 0.5) is 0 Å². The second-order valence-electron chi connectivity index (χ2n) is 5.72. The topological polar surface area (TPSA) is 95.1 Å². The molecule has 0 saturated carbocycles. The number of nitrogen functional groups attached to an aromatic ring is 1. The highest BCUT2D eigenvalue weighted by atomic mass is 32.2. The average Bonchev–Trinajstić information content (AvgIpc) is 3.00. The van der Waals surface area contributed by atoms with E-state index in [4.69, 9.17) is 10.6 Å². The summed E-state index contributed by atoms with van der Waals surface area (Å²) in [5.74, 6) is 6.92. The second kappa shape index (κ2) is 8.68. The van der Waals surface area contributed by atoms with E-state index in [2.05, 4.69) is 39.8 Å². The Labute approximate surface area is 155 Å². The number of hydrogen-bond donors (Lipinski definition) is 2. The number of amides is 1. The predicted octanol–water partition coefficient (Wildman–Crippen LogP) is 1.59. The van der Waals surface area contributed by atoms with E-state index in [0.717, 1.165) is 5.56 Å². The largest absolute Gasteiger partial charge is 0.383 e. The second-order valence-corrected chi connectivity index (χ2v) is 6.66. The molecule has 0 bridgehead atoms. The summed E-state index contributed by atoms with van der Waals surface area (Å²) in [4.78, 5) is 11.8. The molecular weight excluding hydrogens is 350 g/mol. The molecule has 0 saturated heterocycles. The van der Waals surface area contributed by atoms with Crippen molar-refractivity contribution in [2.45, 2.75) is 11.6 Å². The third-order valence-corrected chi connectivity index (χ3v) is 4.87. The smallest absolute Gasteiger partial charge is 0.230 e. The summed E-state index contributed by atoms with van der Waals surface area (Å²) >= 11 is 1.26. The average molecular weight is 371 g/mol. The third kappa shape index (κ3) is 4.33. The van der Waals surface area contributed by atoms with Gasteiger partial charge in [0.05, 0.1) is 12.4 Å². The zero-order chi connectivity index (χ0) is 18.4. The van der Waals surface area contributed by atoms with Crippen LogP contribution in [0.2, 0.25) is 0 Å². The Morgan fingerprint density at radius 3 is 2.88 bits per heavy atom. The summed E-state index contributed by atoms with van der Waals surface area (Å²) in [6.45, 7) is 0.968. The number of carbonyl (C=O) groups is 1. The van der Waals surface area contributed by atoms with Gasteiger partial charge in [0.15, 0.2) is 5.82 Å². The highest BCUT2D eigenvalue weighted by Crippen LogP contribution is 2.22. The van der Waals surface area contributed by atoms with Crippen LogP contribution < -0.4 is 11.2 Å². The zero-order valence-corrected chi connectivity index (χ0v) is 15.3. The molecule has 1 heterocycles. The number of nitrogens with zero attached hydrogens (tertiary/aromatic N) is 3. The van der Waals surface area contributed by atoms with E-state index >= 15 is 0 Å². The van der Waals surface area contributed by atoms with Gasteiger partial charge in [-0.25, -0.2) is 4.68 Å². The fourth-order valence-corrected chi connectivity index (χ4v) is 3.32. The molecule has 1 aromatic heterocycles. The van der Waals surface area contributed by atoms with Gasteiger partial charge in [0.25, 0.3) is 0 Å². The van der Waals surface area contributed by atoms with Gasteiger partial charge in [-0.1, -0.05) is 54.2 Å². The molecule has 0 atom stereocenters. The molecule has 8 heteroatoms. The maximum atomic E-state index is 11.8. The van der Waals surface area contributed by atoms with Crippen LogP contribution in [-0.2, 0) is 16.0 Å². The maximum absolute atomic E-state index is 11.8. The van der Waals surface area contributed by atoms with E-state index in [9.17, 15) is 4.79 Å². The summed E-state index contributed by atoms with van der Waals surface area (Å²) in [6, 6.07) is 14.4. The Bertz CT molecular complexity index is 891. The SMILES string of the molecule is COCCNC(=O)CSc1nnc(Cc2cccc3ccccc23)n1N. The molecule has 3 rings (SSSR count). The number of aromatic nitrogens is 3. The summed E-state index contributed by atoms with van der Waals surface area (Å²) in [5.41, 5.74) is 1.14. The first-order chi connectivity index (χ1) is 12.7. The van der Waals surface area contributed by atoms with Crippen molar-refractivity contribution in [2.75, 3.05) is 31.9 Å². The van der Waals surface area contributed by atoms with Crippen LogP contribution in [0, 0.1) is 0 Å². The Hall–Kier alpha value is -2.58. The molecule has 2 aromatic carbocycles.